The van der Waals surface area contributed by atoms with Gasteiger partial charge < -0.3 is 4.90 Å². The maximum absolute atomic E-state index is 4.54. The molecule has 1 aliphatic heterocycles. The Morgan fingerprint density at radius 1 is 1.36 bits per heavy atom. The Bertz CT molecular complexity index is 396. The molecule has 0 fully saturated rings. The van der Waals surface area contributed by atoms with E-state index in [1.807, 2.05) is 0 Å². The van der Waals surface area contributed by atoms with E-state index in [1.54, 1.807) is 0 Å². The fourth-order valence-corrected chi connectivity index (χ4v) is 2.45. The van der Waals surface area contributed by atoms with E-state index in [-0.39, 0.29) is 0 Å². The summed E-state index contributed by atoms with van der Waals surface area (Å²) in [4.78, 5) is 3.31. The normalized spacial score (nSPS) is 19.7. The SMILES string of the molecule is Cc1cc(S)c2c(c1)C=CN(C)C2C. The van der Waals surface area contributed by atoms with Crippen molar-refractivity contribution in [1.82, 2.24) is 4.90 Å². The van der Waals surface area contributed by atoms with Gasteiger partial charge in [0.25, 0.3) is 0 Å². The van der Waals surface area contributed by atoms with Crippen molar-refractivity contribution in [3.63, 3.8) is 0 Å². The summed E-state index contributed by atoms with van der Waals surface area (Å²) in [5.41, 5.74) is 3.92. The summed E-state index contributed by atoms with van der Waals surface area (Å²) in [6, 6.07) is 4.77. The average Bonchev–Trinajstić information content (AvgIpc) is 2.10. The molecule has 1 unspecified atom stereocenters. The van der Waals surface area contributed by atoms with Crippen LogP contribution < -0.4 is 0 Å². The lowest BCUT2D eigenvalue weighted by Gasteiger charge is -2.30. The molecule has 2 heteroatoms. The molecule has 1 heterocycles. The lowest BCUT2D eigenvalue weighted by atomic mass is 9.96. The standard InChI is InChI=1S/C12H15NS/c1-8-6-10-4-5-13(3)9(2)12(10)11(14)7-8/h4-7,9,14H,1-3H3. The van der Waals surface area contributed by atoms with Gasteiger partial charge in [-0.25, -0.2) is 0 Å². The largest absolute Gasteiger partial charge is 0.374 e. The van der Waals surface area contributed by atoms with E-state index in [0.29, 0.717) is 6.04 Å². The number of benzene rings is 1. The molecule has 0 N–H and O–H groups in total. The van der Waals surface area contributed by atoms with Crippen molar-refractivity contribution in [2.24, 2.45) is 0 Å². The van der Waals surface area contributed by atoms with Gasteiger partial charge in [-0.05, 0) is 48.9 Å². The number of hydrogen-bond acceptors (Lipinski definition) is 2. The fraction of sp³-hybridized carbons (Fsp3) is 0.333. The molecule has 1 atom stereocenters. The molecule has 1 aromatic rings. The molecule has 0 aliphatic carbocycles. The third-order valence-corrected chi connectivity index (χ3v) is 3.22. The molecule has 74 valence electrons. The highest BCUT2D eigenvalue weighted by Crippen LogP contribution is 2.34. The van der Waals surface area contributed by atoms with Gasteiger partial charge in [-0.2, -0.15) is 0 Å². The second-order valence-electron chi connectivity index (χ2n) is 3.94. The summed E-state index contributed by atoms with van der Waals surface area (Å²) >= 11 is 4.54. The van der Waals surface area contributed by atoms with Crippen LogP contribution in [0.1, 0.15) is 29.7 Å². The number of fused-ring (bicyclic) bond motifs is 1. The molecule has 0 saturated carbocycles. The van der Waals surface area contributed by atoms with Crippen molar-refractivity contribution < 1.29 is 0 Å². The molecule has 2 rings (SSSR count). The van der Waals surface area contributed by atoms with E-state index in [2.05, 4.69) is 62.8 Å². The predicted octanol–water partition coefficient (Wildman–Crippen LogP) is 3.26. The number of thiol groups is 1. The molecule has 0 amide bonds. The van der Waals surface area contributed by atoms with Crippen LogP contribution in [0.3, 0.4) is 0 Å². The van der Waals surface area contributed by atoms with E-state index in [0.717, 1.165) is 4.90 Å². The van der Waals surface area contributed by atoms with E-state index >= 15 is 0 Å². The van der Waals surface area contributed by atoms with E-state index in [1.165, 1.54) is 16.7 Å². The third-order valence-electron chi connectivity index (χ3n) is 2.85. The smallest absolute Gasteiger partial charge is 0.0522 e. The Morgan fingerprint density at radius 2 is 2.07 bits per heavy atom. The van der Waals surface area contributed by atoms with Crippen LogP contribution in [-0.2, 0) is 0 Å². The molecule has 14 heavy (non-hydrogen) atoms. The summed E-state index contributed by atoms with van der Waals surface area (Å²) < 4.78 is 0. The Balaban J connectivity index is 2.62. The predicted molar refractivity (Wildman–Crippen MR) is 63.6 cm³/mol. The molecule has 0 saturated heterocycles. The van der Waals surface area contributed by atoms with Gasteiger partial charge in [-0.3, -0.25) is 0 Å². The van der Waals surface area contributed by atoms with Crippen molar-refractivity contribution >= 4 is 18.7 Å². The number of aryl methyl sites for hydroxylation is 1. The summed E-state index contributed by atoms with van der Waals surface area (Å²) in [7, 11) is 2.09. The Hall–Kier alpha value is -0.890. The molecular weight excluding hydrogens is 190 g/mol. The van der Waals surface area contributed by atoms with Crippen molar-refractivity contribution in [1.29, 1.82) is 0 Å². The zero-order valence-electron chi connectivity index (χ0n) is 8.78. The highest BCUT2D eigenvalue weighted by molar-refractivity contribution is 7.80. The van der Waals surface area contributed by atoms with Gasteiger partial charge in [0, 0.05) is 11.9 Å². The highest BCUT2D eigenvalue weighted by atomic mass is 32.1. The van der Waals surface area contributed by atoms with E-state index in [4.69, 9.17) is 0 Å². The van der Waals surface area contributed by atoms with Crippen LogP contribution in [-0.4, -0.2) is 11.9 Å². The molecule has 0 aromatic heterocycles. The maximum atomic E-state index is 4.54. The molecule has 0 spiro atoms. The molecule has 0 radical (unpaired) electrons. The monoisotopic (exact) mass is 205 g/mol. The maximum Gasteiger partial charge on any atom is 0.0522 e. The second kappa shape index (κ2) is 3.35. The Morgan fingerprint density at radius 3 is 2.79 bits per heavy atom. The summed E-state index contributed by atoms with van der Waals surface area (Å²) in [6.45, 7) is 4.31. The first-order valence-corrected chi connectivity index (χ1v) is 5.28. The van der Waals surface area contributed by atoms with Crippen molar-refractivity contribution in [3.05, 3.63) is 35.0 Å². The van der Waals surface area contributed by atoms with Crippen molar-refractivity contribution in [2.75, 3.05) is 7.05 Å². The van der Waals surface area contributed by atoms with Gasteiger partial charge in [0.05, 0.1) is 6.04 Å². The van der Waals surface area contributed by atoms with Gasteiger partial charge in [-0.1, -0.05) is 6.07 Å². The minimum atomic E-state index is 0.420. The molecular formula is C12H15NS. The van der Waals surface area contributed by atoms with E-state index in [9.17, 15) is 0 Å². The van der Waals surface area contributed by atoms with Crippen LogP contribution >= 0.6 is 12.6 Å². The summed E-state index contributed by atoms with van der Waals surface area (Å²) in [6.07, 6.45) is 4.28. The second-order valence-corrected chi connectivity index (χ2v) is 4.43. The minimum Gasteiger partial charge on any atom is -0.374 e. The van der Waals surface area contributed by atoms with Gasteiger partial charge in [0.15, 0.2) is 0 Å². The third kappa shape index (κ3) is 1.44. The van der Waals surface area contributed by atoms with Gasteiger partial charge in [0.1, 0.15) is 0 Å². The average molecular weight is 205 g/mol. The topological polar surface area (TPSA) is 3.24 Å². The number of nitrogens with zero attached hydrogens (tertiary/aromatic N) is 1. The quantitative estimate of drug-likeness (QED) is 0.636. The van der Waals surface area contributed by atoms with Gasteiger partial charge in [-0.15, -0.1) is 12.6 Å². The Labute approximate surface area is 90.8 Å². The Kier molecular flexibility index (Phi) is 2.31. The summed E-state index contributed by atoms with van der Waals surface area (Å²) in [5.74, 6) is 0. The van der Waals surface area contributed by atoms with Gasteiger partial charge >= 0.3 is 0 Å². The van der Waals surface area contributed by atoms with Crippen LogP contribution in [0, 0.1) is 6.92 Å². The lowest BCUT2D eigenvalue weighted by molar-refractivity contribution is 0.354. The van der Waals surface area contributed by atoms with Crippen LogP contribution in [0.5, 0.6) is 0 Å². The first kappa shape index (κ1) is 9.66. The minimum absolute atomic E-state index is 0.420. The van der Waals surface area contributed by atoms with E-state index < -0.39 is 0 Å². The van der Waals surface area contributed by atoms with Gasteiger partial charge in [0.2, 0.25) is 0 Å². The first-order valence-electron chi connectivity index (χ1n) is 4.83. The van der Waals surface area contributed by atoms with Crippen molar-refractivity contribution in [2.45, 2.75) is 24.8 Å². The van der Waals surface area contributed by atoms with Crippen LogP contribution in [0.15, 0.2) is 23.2 Å². The zero-order valence-corrected chi connectivity index (χ0v) is 9.68. The van der Waals surface area contributed by atoms with Crippen molar-refractivity contribution in [3.8, 4) is 0 Å². The molecule has 1 nitrogen and oxygen atoms in total. The van der Waals surface area contributed by atoms with Crippen LogP contribution in [0.2, 0.25) is 0 Å². The first-order chi connectivity index (χ1) is 6.59. The van der Waals surface area contributed by atoms with Crippen LogP contribution in [0.25, 0.3) is 6.08 Å². The highest BCUT2D eigenvalue weighted by Gasteiger charge is 2.18. The molecule has 1 aromatic carbocycles. The zero-order chi connectivity index (χ0) is 10.3. The van der Waals surface area contributed by atoms with Crippen LogP contribution in [0.4, 0.5) is 0 Å². The molecule has 1 aliphatic rings. The lowest BCUT2D eigenvalue weighted by Crippen LogP contribution is -2.20. The number of hydrogen-bond donors (Lipinski definition) is 1. The number of rotatable bonds is 0. The summed E-state index contributed by atoms with van der Waals surface area (Å²) in [5, 5.41) is 0. The molecule has 0 bridgehead atoms. The fourth-order valence-electron chi connectivity index (χ4n) is 1.93.